The Bertz CT molecular complexity index is 261. The maximum atomic E-state index is 2.51. The molecule has 2 aliphatic rings. The smallest absolute Gasteiger partial charge is 0.0266 e. The highest BCUT2D eigenvalue weighted by atomic mass is 14.7. The van der Waals surface area contributed by atoms with Crippen molar-refractivity contribution in [3.63, 3.8) is 0 Å². The van der Waals surface area contributed by atoms with Gasteiger partial charge in [0, 0.05) is 0 Å². The van der Waals surface area contributed by atoms with E-state index >= 15 is 0 Å². The molecule has 0 spiro atoms. The van der Waals surface area contributed by atoms with E-state index in [0.717, 1.165) is 29.6 Å². The van der Waals surface area contributed by atoms with Gasteiger partial charge < -0.3 is 0 Å². The summed E-state index contributed by atoms with van der Waals surface area (Å²) in [4.78, 5) is 0. The molecule has 15 heavy (non-hydrogen) atoms. The third-order valence-corrected chi connectivity index (χ3v) is 6.83. The maximum absolute atomic E-state index is 2.51. The lowest BCUT2D eigenvalue weighted by Gasteiger charge is -2.53. The second-order valence-electron chi connectivity index (χ2n) is 7.27. The molecule has 0 nitrogen and oxygen atoms in total. The van der Waals surface area contributed by atoms with Gasteiger partial charge in [0.25, 0.3) is 0 Å². The van der Waals surface area contributed by atoms with E-state index in [4.69, 9.17) is 0 Å². The predicted molar refractivity (Wildman–Crippen MR) is 66.7 cm³/mol. The third-order valence-electron chi connectivity index (χ3n) is 6.83. The van der Waals surface area contributed by atoms with Crippen molar-refractivity contribution in [2.24, 2.45) is 40.4 Å². The summed E-state index contributed by atoms with van der Waals surface area (Å²) in [6.07, 6.45) is 1.39. The lowest BCUT2D eigenvalue weighted by molar-refractivity contribution is -0.0555. The lowest BCUT2D eigenvalue weighted by Crippen LogP contribution is -2.48. The van der Waals surface area contributed by atoms with E-state index in [1.807, 2.05) is 0 Å². The molecule has 0 N–H and O–H groups in total. The first-order chi connectivity index (χ1) is 6.76. The minimum absolute atomic E-state index is 0.514. The highest BCUT2D eigenvalue weighted by Crippen LogP contribution is 2.72. The molecule has 0 bridgehead atoms. The minimum Gasteiger partial charge on any atom is -0.0651 e. The number of rotatable bonds is 1. The largest absolute Gasteiger partial charge is 0.0651 e. The van der Waals surface area contributed by atoms with Gasteiger partial charge in [0.15, 0.2) is 0 Å². The van der Waals surface area contributed by atoms with Crippen molar-refractivity contribution in [3.05, 3.63) is 0 Å². The maximum Gasteiger partial charge on any atom is -0.0266 e. The normalized spacial score (nSPS) is 51.0. The molecule has 2 aliphatic carbocycles. The molecule has 0 saturated heterocycles. The Kier molecular flexibility index (Phi) is 2.31. The van der Waals surface area contributed by atoms with Gasteiger partial charge in [-0.3, -0.25) is 0 Å². The SMILES string of the molecule is CCC1C(C)C2C1C(C)C(C)(C)C2(C)C. The first kappa shape index (κ1) is 11.5. The fourth-order valence-electron chi connectivity index (χ4n) is 5.05. The van der Waals surface area contributed by atoms with Gasteiger partial charge in [-0.15, -0.1) is 0 Å². The van der Waals surface area contributed by atoms with Crippen molar-refractivity contribution in [1.29, 1.82) is 0 Å². The predicted octanol–water partition coefficient (Wildman–Crippen LogP) is 4.60. The highest BCUT2D eigenvalue weighted by Gasteiger charge is 2.67. The highest BCUT2D eigenvalue weighted by molar-refractivity contribution is 5.14. The van der Waals surface area contributed by atoms with Crippen LogP contribution in [0.4, 0.5) is 0 Å². The molecule has 0 aromatic heterocycles. The average Bonchev–Trinajstić information content (AvgIpc) is 2.22. The molecule has 5 atom stereocenters. The van der Waals surface area contributed by atoms with Gasteiger partial charge in [0.2, 0.25) is 0 Å². The molecule has 0 heterocycles. The van der Waals surface area contributed by atoms with E-state index in [9.17, 15) is 0 Å². The van der Waals surface area contributed by atoms with Gasteiger partial charge in [0.05, 0.1) is 0 Å². The topological polar surface area (TPSA) is 0 Å². The van der Waals surface area contributed by atoms with Crippen LogP contribution in [0, 0.1) is 40.4 Å². The van der Waals surface area contributed by atoms with Gasteiger partial charge >= 0.3 is 0 Å². The Hall–Kier alpha value is 0. The summed E-state index contributed by atoms with van der Waals surface area (Å²) in [5.74, 6) is 4.85. The Labute approximate surface area is 95.8 Å². The first-order valence-electron chi connectivity index (χ1n) is 6.76. The van der Waals surface area contributed by atoms with Gasteiger partial charge in [-0.2, -0.15) is 0 Å². The Morgan fingerprint density at radius 1 is 0.933 bits per heavy atom. The molecule has 2 saturated carbocycles. The summed E-state index contributed by atoms with van der Waals surface area (Å²) in [7, 11) is 0. The minimum atomic E-state index is 0.514. The molecule has 2 fully saturated rings. The fraction of sp³-hybridized carbons (Fsp3) is 1.00. The molecule has 0 heteroatoms. The zero-order valence-corrected chi connectivity index (χ0v) is 11.6. The molecule has 2 rings (SSSR count). The second kappa shape index (κ2) is 3.02. The van der Waals surface area contributed by atoms with E-state index in [1.165, 1.54) is 6.42 Å². The molecule has 0 aliphatic heterocycles. The van der Waals surface area contributed by atoms with Crippen LogP contribution in [0.15, 0.2) is 0 Å². The monoisotopic (exact) mass is 208 g/mol. The van der Waals surface area contributed by atoms with E-state index in [1.54, 1.807) is 0 Å². The Balaban J connectivity index is 2.35. The van der Waals surface area contributed by atoms with Crippen LogP contribution in [0.3, 0.4) is 0 Å². The van der Waals surface area contributed by atoms with Crippen molar-refractivity contribution in [2.75, 3.05) is 0 Å². The van der Waals surface area contributed by atoms with E-state index < -0.39 is 0 Å². The number of hydrogen-bond acceptors (Lipinski definition) is 0. The van der Waals surface area contributed by atoms with Crippen molar-refractivity contribution in [1.82, 2.24) is 0 Å². The fourth-order valence-corrected chi connectivity index (χ4v) is 5.05. The van der Waals surface area contributed by atoms with Crippen molar-refractivity contribution in [2.45, 2.75) is 54.9 Å². The first-order valence-corrected chi connectivity index (χ1v) is 6.76. The van der Waals surface area contributed by atoms with Crippen LogP contribution in [0.25, 0.3) is 0 Å². The molecular formula is C15H28. The van der Waals surface area contributed by atoms with E-state index in [2.05, 4.69) is 48.5 Å². The van der Waals surface area contributed by atoms with Gasteiger partial charge in [-0.25, -0.2) is 0 Å². The zero-order valence-electron chi connectivity index (χ0n) is 11.6. The quantitative estimate of drug-likeness (QED) is 0.591. The standard InChI is InChI=1S/C15H28/c1-8-11-9(2)13-12(11)10(3)14(4,5)15(13,6)7/h9-13H,8H2,1-7H3. The summed E-state index contributed by atoms with van der Waals surface area (Å²) in [6, 6.07) is 0. The van der Waals surface area contributed by atoms with Crippen molar-refractivity contribution >= 4 is 0 Å². The summed E-state index contributed by atoms with van der Waals surface area (Å²) in [6.45, 7) is 17.4. The summed E-state index contributed by atoms with van der Waals surface area (Å²) in [5, 5.41) is 0. The summed E-state index contributed by atoms with van der Waals surface area (Å²) in [5.41, 5.74) is 1.04. The van der Waals surface area contributed by atoms with Crippen LogP contribution in [0.1, 0.15) is 54.9 Å². The zero-order chi connectivity index (χ0) is 11.6. The molecule has 0 aromatic carbocycles. The second-order valence-corrected chi connectivity index (χ2v) is 7.27. The van der Waals surface area contributed by atoms with Crippen LogP contribution in [0.5, 0.6) is 0 Å². The van der Waals surface area contributed by atoms with Gasteiger partial charge in [0.1, 0.15) is 0 Å². The molecule has 0 radical (unpaired) electrons. The molecule has 0 amide bonds. The van der Waals surface area contributed by atoms with Crippen molar-refractivity contribution < 1.29 is 0 Å². The van der Waals surface area contributed by atoms with Gasteiger partial charge in [-0.1, -0.05) is 54.9 Å². The average molecular weight is 208 g/mol. The van der Waals surface area contributed by atoms with E-state index in [-0.39, 0.29) is 0 Å². The molecule has 0 aromatic rings. The van der Waals surface area contributed by atoms with Crippen LogP contribution >= 0.6 is 0 Å². The van der Waals surface area contributed by atoms with Crippen LogP contribution in [0.2, 0.25) is 0 Å². The third kappa shape index (κ3) is 1.09. The number of hydrogen-bond donors (Lipinski definition) is 0. The molecular weight excluding hydrogens is 180 g/mol. The van der Waals surface area contributed by atoms with Gasteiger partial charge in [-0.05, 0) is 40.4 Å². The van der Waals surface area contributed by atoms with E-state index in [0.29, 0.717) is 10.8 Å². The Morgan fingerprint density at radius 2 is 1.47 bits per heavy atom. The summed E-state index contributed by atoms with van der Waals surface area (Å²) >= 11 is 0. The lowest BCUT2D eigenvalue weighted by atomic mass is 9.51. The molecule has 88 valence electrons. The van der Waals surface area contributed by atoms with Crippen LogP contribution in [-0.4, -0.2) is 0 Å². The van der Waals surface area contributed by atoms with Crippen molar-refractivity contribution in [3.8, 4) is 0 Å². The van der Waals surface area contributed by atoms with Crippen LogP contribution in [-0.2, 0) is 0 Å². The van der Waals surface area contributed by atoms with Crippen LogP contribution < -0.4 is 0 Å². The molecule has 5 unspecified atom stereocenters. The Morgan fingerprint density at radius 3 is 1.93 bits per heavy atom. The summed E-state index contributed by atoms with van der Waals surface area (Å²) < 4.78 is 0. The number of fused-ring (bicyclic) bond motifs is 1.